The first kappa shape index (κ1) is 26.1. The first-order chi connectivity index (χ1) is 17.3. The van der Waals surface area contributed by atoms with E-state index in [4.69, 9.17) is 14.2 Å². The van der Waals surface area contributed by atoms with Crippen LogP contribution in [0.15, 0.2) is 41.3 Å². The van der Waals surface area contributed by atoms with Gasteiger partial charge in [-0.2, -0.15) is 0 Å². The summed E-state index contributed by atoms with van der Waals surface area (Å²) in [6.07, 6.45) is 2.51. The van der Waals surface area contributed by atoms with Crippen LogP contribution in [0.2, 0.25) is 0 Å². The molecule has 2 aliphatic rings. The smallest absolute Gasteiger partial charge is 0.242 e. The molecule has 1 amide bonds. The number of sulfonamides is 1. The maximum Gasteiger partial charge on any atom is 0.242 e. The van der Waals surface area contributed by atoms with Crippen molar-refractivity contribution < 1.29 is 27.4 Å². The molecule has 4 rings (SSSR count). The SMILES string of the molecule is COc1ccc(CCN(C)S(=O)(=O)c2ccc(OC)c(N3CCN(C(=O)C4CC4)CC3)c2)cc1OC. The molecule has 1 saturated carbocycles. The molecular weight excluding hydrogens is 482 g/mol. The highest BCUT2D eigenvalue weighted by Gasteiger charge is 2.35. The summed E-state index contributed by atoms with van der Waals surface area (Å²) in [7, 11) is 2.60. The number of likely N-dealkylation sites (N-methyl/N-ethyl adjacent to an activating group) is 1. The number of rotatable bonds is 10. The van der Waals surface area contributed by atoms with Gasteiger partial charge in [-0.3, -0.25) is 4.79 Å². The van der Waals surface area contributed by atoms with Gasteiger partial charge in [0.2, 0.25) is 15.9 Å². The summed E-state index contributed by atoms with van der Waals surface area (Å²) in [4.78, 5) is 16.6. The van der Waals surface area contributed by atoms with E-state index >= 15 is 0 Å². The Kier molecular flexibility index (Phi) is 7.94. The molecule has 10 heteroatoms. The maximum atomic E-state index is 13.4. The molecule has 1 aliphatic carbocycles. The molecule has 0 spiro atoms. The van der Waals surface area contributed by atoms with Crippen LogP contribution in [0.4, 0.5) is 5.69 Å². The van der Waals surface area contributed by atoms with Gasteiger partial charge >= 0.3 is 0 Å². The third-order valence-corrected chi connectivity index (χ3v) is 8.73. The van der Waals surface area contributed by atoms with Gasteiger partial charge in [0, 0.05) is 45.7 Å². The largest absolute Gasteiger partial charge is 0.495 e. The number of nitrogens with zero attached hydrogens (tertiary/aromatic N) is 3. The third kappa shape index (κ3) is 5.54. The van der Waals surface area contributed by atoms with Crippen molar-refractivity contribution in [1.29, 1.82) is 0 Å². The molecule has 0 radical (unpaired) electrons. The van der Waals surface area contributed by atoms with Gasteiger partial charge in [-0.25, -0.2) is 12.7 Å². The van der Waals surface area contributed by atoms with E-state index in [1.165, 1.54) is 4.31 Å². The van der Waals surface area contributed by atoms with Crippen LogP contribution in [0, 0.1) is 5.92 Å². The minimum atomic E-state index is -3.72. The first-order valence-electron chi connectivity index (χ1n) is 12.2. The number of ether oxygens (including phenoxy) is 3. The van der Waals surface area contributed by atoms with E-state index in [1.807, 2.05) is 23.1 Å². The predicted octanol–water partition coefficient (Wildman–Crippen LogP) is 2.63. The zero-order valence-electron chi connectivity index (χ0n) is 21.4. The van der Waals surface area contributed by atoms with Crippen molar-refractivity contribution in [2.24, 2.45) is 5.92 Å². The second kappa shape index (κ2) is 11.0. The Morgan fingerprint density at radius 1 is 0.917 bits per heavy atom. The van der Waals surface area contributed by atoms with E-state index in [9.17, 15) is 13.2 Å². The first-order valence-corrected chi connectivity index (χ1v) is 13.6. The van der Waals surface area contributed by atoms with Gasteiger partial charge in [-0.15, -0.1) is 0 Å². The Bertz CT molecular complexity index is 1190. The summed E-state index contributed by atoms with van der Waals surface area (Å²) in [6, 6.07) is 10.5. The fraction of sp³-hybridized carbons (Fsp3) is 0.500. The van der Waals surface area contributed by atoms with Gasteiger partial charge < -0.3 is 24.0 Å². The Balaban J connectivity index is 1.46. The number of benzene rings is 2. The summed E-state index contributed by atoms with van der Waals surface area (Å²) in [5.41, 5.74) is 1.68. The molecule has 0 bridgehead atoms. The normalized spacial score (nSPS) is 16.2. The highest BCUT2D eigenvalue weighted by Crippen LogP contribution is 2.35. The van der Waals surface area contributed by atoms with Crippen LogP contribution in [-0.4, -0.2) is 84.6 Å². The van der Waals surface area contributed by atoms with Crippen molar-refractivity contribution in [2.45, 2.75) is 24.2 Å². The molecule has 1 heterocycles. The number of anilines is 1. The van der Waals surface area contributed by atoms with Crippen molar-refractivity contribution >= 4 is 21.6 Å². The van der Waals surface area contributed by atoms with Crippen molar-refractivity contribution in [1.82, 2.24) is 9.21 Å². The number of carbonyl (C=O) groups is 1. The van der Waals surface area contributed by atoms with Crippen LogP contribution in [0.3, 0.4) is 0 Å². The summed E-state index contributed by atoms with van der Waals surface area (Å²) < 4.78 is 44.3. The average molecular weight is 518 g/mol. The fourth-order valence-electron chi connectivity index (χ4n) is 4.46. The zero-order valence-corrected chi connectivity index (χ0v) is 22.2. The highest BCUT2D eigenvalue weighted by molar-refractivity contribution is 7.89. The number of hydrogen-bond acceptors (Lipinski definition) is 7. The van der Waals surface area contributed by atoms with Crippen LogP contribution >= 0.6 is 0 Å². The number of carbonyl (C=O) groups excluding carboxylic acids is 1. The molecule has 0 N–H and O–H groups in total. The lowest BCUT2D eigenvalue weighted by Gasteiger charge is -2.37. The topological polar surface area (TPSA) is 88.6 Å². The molecule has 0 atom stereocenters. The zero-order chi connectivity index (χ0) is 25.9. The number of piperazine rings is 1. The van der Waals surface area contributed by atoms with Crippen LogP contribution in [-0.2, 0) is 21.2 Å². The van der Waals surface area contributed by atoms with Crippen molar-refractivity contribution in [2.75, 3.05) is 66.0 Å². The van der Waals surface area contributed by atoms with Gasteiger partial charge in [0.25, 0.3) is 0 Å². The van der Waals surface area contributed by atoms with E-state index in [0.29, 0.717) is 56.4 Å². The van der Waals surface area contributed by atoms with Crippen molar-refractivity contribution in [3.8, 4) is 17.2 Å². The monoisotopic (exact) mass is 517 g/mol. The fourth-order valence-corrected chi connectivity index (χ4v) is 5.65. The van der Waals surface area contributed by atoms with Crippen LogP contribution in [0.1, 0.15) is 18.4 Å². The number of hydrogen-bond donors (Lipinski definition) is 0. The standard InChI is InChI=1S/C26H35N3O6S/c1-27(12-11-19-5-9-24(34-3)25(17-19)35-4)36(31,32)21-8-10-23(33-2)22(18-21)28-13-15-29(16-14-28)26(30)20-6-7-20/h5,8-10,17-18,20H,6-7,11-16H2,1-4H3. The number of methoxy groups -OCH3 is 3. The van der Waals surface area contributed by atoms with Gasteiger partial charge in [0.15, 0.2) is 11.5 Å². The van der Waals surface area contributed by atoms with Crippen LogP contribution in [0.5, 0.6) is 17.2 Å². The summed E-state index contributed by atoms with van der Waals surface area (Å²) >= 11 is 0. The summed E-state index contributed by atoms with van der Waals surface area (Å²) in [5.74, 6) is 2.30. The van der Waals surface area contributed by atoms with Gasteiger partial charge in [0.05, 0.1) is 31.9 Å². The Morgan fingerprint density at radius 2 is 1.56 bits per heavy atom. The maximum absolute atomic E-state index is 13.4. The van der Waals surface area contributed by atoms with Gasteiger partial charge in [-0.05, 0) is 55.2 Å². The molecule has 0 aromatic heterocycles. The summed E-state index contributed by atoms with van der Waals surface area (Å²) in [6.45, 7) is 2.82. The minimum absolute atomic E-state index is 0.203. The lowest BCUT2D eigenvalue weighted by molar-refractivity contribution is -0.132. The van der Waals surface area contributed by atoms with Crippen molar-refractivity contribution in [3.05, 3.63) is 42.0 Å². The molecular formula is C26H35N3O6S. The molecule has 2 aromatic carbocycles. The third-order valence-electron chi connectivity index (χ3n) is 6.88. The van der Waals surface area contributed by atoms with E-state index in [1.54, 1.807) is 46.6 Å². The highest BCUT2D eigenvalue weighted by atomic mass is 32.2. The van der Waals surface area contributed by atoms with Crippen LogP contribution < -0.4 is 19.1 Å². The number of amides is 1. The Labute approximate surface area is 213 Å². The molecule has 2 aromatic rings. The Hall–Kier alpha value is -2.98. The van der Waals surface area contributed by atoms with Crippen molar-refractivity contribution in [3.63, 3.8) is 0 Å². The molecule has 0 unspecified atom stereocenters. The van der Waals surface area contributed by atoms with Gasteiger partial charge in [-0.1, -0.05) is 6.07 Å². The predicted molar refractivity (Wildman–Crippen MR) is 138 cm³/mol. The Morgan fingerprint density at radius 3 is 2.17 bits per heavy atom. The minimum Gasteiger partial charge on any atom is -0.495 e. The van der Waals surface area contributed by atoms with E-state index in [0.717, 1.165) is 24.1 Å². The van der Waals surface area contributed by atoms with Gasteiger partial charge in [0.1, 0.15) is 5.75 Å². The molecule has 1 aliphatic heterocycles. The molecule has 9 nitrogen and oxygen atoms in total. The molecule has 1 saturated heterocycles. The average Bonchev–Trinajstić information content (AvgIpc) is 3.76. The van der Waals surface area contributed by atoms with E-state index < -0.39 is 10.0 Å². The second-order valence-corrected chi connectivity index (χ2v) is 11.2. The lowest BCUT2D eigenvalue weighted by Crippen LogP contribution is -2.49. The molecule has 196 valence electrons. The van der Waals surface area contributed by atoms with E-state index in [-0.39, 0.29) is 16.7 Å². The molecule has 36 heavy (non-hydrogen) atoms. The lowest BCUT2D eigenvalue weighted by atomic mass is 10.1. The molecule has 2 fully saturated rings. The quantitative estimate of drug-likeness (QED) is 0.479. The second-order valence-electron chi connectivity index (χ2n) is 9.19. The summed E-state index contributed by atoms with van der Waals surface area (Å²) in [5, 5.41) is 0. The van der Waals surface area contributed by atoms with Crippen LogP contribution in [0.25, 0.3) is 0 Å². The van der Waals surface area contributed by atoms with E-state index in [2.05, 4.69) is 4.90 Å².